The molecule has 0 aromatic heterocycles. The molecule has 1 aromatic carbocycles. The summed E-state index contributed by atoms with van der Waals surface area (Å²) in [4.78, 5) is 0.368. The number of aliphatic hydroxyl groups is 1. The summed E-state index contributed by atoms with van der Waals surface area (Å²) >= 11 is 0. The number of aryl methyl sites for hydroxylation is 2. The van der Waals surface area contributed by atoms with Crippen LogP contribution in [0.5, 0.6) is 0 Å². The lowest BCUT2D eigenvalue weighted by atomic mass is 9.93. The van der Waals surface area contributed by atoms with Gasteiger partial charge in [0.1, 0.15) is 0 Å². The van der Waals surface area contributed by atoms with E-state index in [1.807, 2.05) is 26.0 Å². The van der Waals surface area contributed by atoms with E-state index in [9.17, 15) is 8.42 Å². The fourth-order valence-corrected chi connectivity index (χ4v) is 4.37. The highest BCUT2D eigenvalue weighted by Gasteiger charge is 2.35. The first-order chi connectivity index (χ1) is 8.96. The third-order valence-electron chi connectivity index (χ3n) is 3.73. The van der Waals surface area contributed by atoms with Crippen LogP contribution in [0.15, 0.2) is 23.1 Å². The first kappa shape index (κ1) is 14.5. The molecule has 0 heterocycles. The zero-order valence-corrected chi connectivity index (χ0v) is 12.3. The molecule has 4 nitrogen and oxygen atoms in total. The van der Waals surface area contributed by atoms with Gasteiger partial charge < -0.3 is 5.11 Å². The zero-order valence-electron chi connectivity index (χ0n) is 11.5. The molecule has 1 fully saturated rings. The summed E-state index contributed by atoms with van der Waals surface area (Å²) in [6.07, 6.45) is 2.85. The van der Waals surface area contributed by atoms with E-state index in [1.165, 1.54) is 4.31 Å². The third kappa shape index (κ3) is 2.83. The Balaban J connectivity index is 2.40. The number of benzene rings is 1. The second-order valence-electron chi connectivity index (χ2n) is 5.19. The molecule has 0 saturated heterocycles. The fraction of sp³-hybridized carbons (Fsp3) is 0.571. The minimum Gasteiger partial charge on any atom is -0.395 e. The Morgan fingerprint density at radius 1 is 1.32 bits per heavy atom. The van der Waals surface area contributed by atoms with Crippen LogP contribution in [0.25, 0.3) is 0 Å². The molecule has 19 heavy (non-hydrogen) atoms. The minimum absolute atomic E-state index is 0.0528. The molecule has 1 N–H and O–H groups in total. The highest BCUT2D eigenvalue weighted by atomic mass is 32.2. The maximum atomic E-state index is 12.7. The van der Waals surface area contributed by atoms with E-state index < -0.39 is 10.0 Å². The second-order valence-corrected chi connectivity index (χ2v) is 7.05. The van der Waals surface area contributed by atoms with Gasteiger partial charge in [0.25, 0.3) is 0 Å². The van der Waals surface area contributed by atoms with Gasteiger partial charge in [0.15, 0.2) is 0 Å². The Bertz CT molecular complexity index is 550. The van der Waals surface area contributed by atoms with Crippen LogP contribution in [0.2, 0.25) is 0 Å². The van der Waals surface area contributed by atoms with E-state index in [0.29, 0.717) is 4.90 Å². The number of aliphatic hydroxyl groups excluding tert-OH is 1. The van der Waals surface area contributed by atoms with Crippen molar-refractivity contribution in [3.63, 3.8) is 0 Å². The molecule has 2 rings (SSSR count). The Kier molecular flexibility index (Phi) is 4.28. The molecule has 0 atom stereocenters. The van der Waals surface area contributed by atoms with Crippen LogP contribution >= 0.6 is 0 Å². The van der Waals surface area contributed by atoms with Crippen LogP contribution < -0.4 is 0 Å². The fourth-order valence-electron chi connectivity index (χ4n) is 2.38. The molecule has 0 bridgehead atoms. The molecule has 0 radical (unpaired) electrons. The number of sulfonamides is 1. The number of hydrogen-bond acceptors (Lipinski definition) is 3. The summed E-state index contributed by atoms with van der Waals surface area (Å²) in [6, 6.07) is 5.51. The van der Waals surface area contributed by atoms with E-state index >= 15 is 0 Å². The predicted molar refractivity (Wildman–Crippen MR) is 74.5 cm³/mol. The van der Waals surface area contributed by atoms with E-state index in [2.05, 4.69) is 0 Å². The first-order valence-electron chi connectivity index (χ1n) is 6.67. The molecule has 0 aliphatic heterocycles. The zero-order chi connectivity index (χ0) is 14.0. The smallest absolute Gasteiger partial charge is 0.243 e. The van der Waals surface area contributed by atoms with Gasteiger partial charge in [-0.25, -0.2) is 8.42 Å². The van der Waals surface area contributed by atoms with Crippen molar-refractivity contribution in [1.29, 1.82) is 0 Å². The van der Waals surface area contributed by atoms with Crippen molar-refractivity contribution in [3.8, 4) is 0 Å². The van der Waals surface area contributed by atoms with Crippen molar-refractivity contribution in [2.45, 2.75) is 44.0 Å². The van der Waals surface area contributed by atoms with E-state index in [4.69, 9.17) is 5.11 Å². The van der Waals surface area contributed by atoms with Crippen LogP contribution in [0.1, 0.15) is 30.4 Å². The average Bonchev–Trinajstić information content (AvgIpc) is 2.29. The molecule has 1 aliphatic carbocycles. The second kappa shape index (κ2) is 5.61. The van der Waals surface area contributed by atoms with Gasteiger partial charge in [0, 0.05) is 12.6 Å². The van der Waals surface area contributed by atoms with E-state index in [-0.39, 0.29) is 19.2 Å². The molecule has 1 aromatic rings. The van der Waals surface area contributed by atoms with Crippen LogP contribution in [0.3, 0.4) is 0 Å². The average molecular weight is 283 g/mol. The molecule has 1 saturated carbocycles. The summed E-state index contributed by atoms with van der Waals surface area (Å²) < 4.78 is 27.0. The van der Waals surface area contributed by atoms with E-state index in [1.54, 1.807) is 6.07 Å². The van der Waals surface area contributed by atoms with Crippen LogP contribution in [-0.2, 0) is 10.0 Å². The number of rotatable bonds is 5. The normalized spacial score (nSPS) is 16.6. The lowest BCUT2D eigenvalue weighted by Crippen LogP contribution is -2.45. The van der Waals surface area contributed by atoms with Gasteiger partial charge in [-0.3, -0.25) is 0 Å². The van der Waals surface area contributed by atoms with Crippen molar-refractivity contribution < 1.29 is 13.5 Å². The van der Waals surface area contributed by atoms with Gasteiger partial charge in [-0.1, -0.05) is 18.6 Å². The van der Waals surface area contributed by atoms with Gasteiger partial charge in [0.2, 0.25) is 10.0 Å². The lowest BCUT2D eigenvalue weighted by molar-refractivity contribution is 0.178. The molecular formula is C14H21NO3S. The maximum absolute atomic E-state index is 12.7. The topological polar surface area (TPSA) is 57.6 Å². The lowest BCUT2D eigenvalue weighted by Gasteiger charge is -2.36. The molecule has 0 unspecified atom stereocenters. The van der Waals surface area contributed by atoms with Crippen molar-refractivity contribution in [2.75, 3.05) is 13.2 Å². The van der Waals surface area contributed by atoms with E-state index in [0.717, 1.165) is 30.4 Å². The first-order valence-corrected chi connectivity index (χ1v) is 8.11. The summed E-state index contributed by atoms with van der Waals surface area (Å²) in [6.45, 7) is 3.74. The molecule has 1 aliphatic rings. The Hall–Kier alpha value is -0.910. The monoisotopic (exact) mass is 283 g/mol. The minimum atomic E-state index is -3.50. The summed E-state index contributed by atoms with van der Waals surface area (Å²) in [5, 5.41) is 9.13. The third-order valence-corrected chi connectivity index (χ3v) is 5.83. The number of hydrogen-bond donors (Lipinski definition) is 1. The Morgan fingerprint density at radius 3 is 2.53 bits per heavy atom. The Morgan fingerprint density at radius 2 is 2.00 bits per heavy atom. The standard InChI is InChI=1S/C14H21NO3S/c1-11-6-7-12(2)14(10-11)19(17,18)15(8-9-16)13-4-3-5-13/h6-7,10,13,16H,3-5,8-9H2,1-2H3. The molecular weight excluding hydrogens is 262 g/mol. The van der Waals surface area contributed by atoms with Crippen molar-refractivity contribution >= 4 is 10.0 Å². The summed E-state index contributed by atoms with van der Waals surface area (Å²) in [5.74, 6) is 0. The van der Waals surface area contributed by atoms with Crippen molar-refractivity contribution in [2.24, 2.45) is 0 Å². The van der Waals surface area contributed by atoms with Gasteiger partial charge in [0.05, 0.1) is 11.5 Å². The van der Waals surface area contributed by atoms with Gasteiger partial charge in [-0.15, -0.1) is 0 Å². The van der Waals surface area contributed by atoms with Gasteiger partial charge in [-0.05, 0) is 43.9 Å². The summed E-state index contributed by atoms with van der Waals surface area (Å²) in [5.41, 5.74) is 1.69. The number of nitrogens with zero attached hydrogens (tertiary/aromatic N) is 1. The molecule has 0 spiro atoms. The van der Waals surface area contributed by atoms with Crippen LogP contribution in [0.4, 0.5) is 0 Å². The maximum Gasteiger partial charge on any atom is 0.243 e. The highest BCUT2D eigenvalue weighted by Crippen LogP contribution is 2.31. The quantitative estimate of drug-likeness (QED) is 0.897. The van der Waals surface area contributed by atoms with Gasteiger partial charge in [-0.2, -0.15) is 4.31 Å². The molecule has 0 amide bonds. The highest BCUT2D eigenvalue weighted by molar-refractivity contribution is 7.89. The SMILES string of the molecule is Cc1ccc(C)c(S(=O)(=O)N(CCO)C2CCC2)c1. The predicted octanol–water partition coefficient (Wildman–Crippen LogP) is 1.84. The Labute approximate surface area is 115 Å². The van der Waals surface area contributed by atoms with Gasteiger partial charge >= 0.3 is 0 Å². The van der Waals surface area contributed by atoms with Crippen LogP contribution in [-0.4, -0.2) is 37.0 Å². The summed E-state index contributed by atoms with van der Waals surface area (Å²) in [7, 11) is -3.50. The molecule has 5 heteroatoms. The molecule has 106 valence electrons. The van der Waals surface area contributed by atoms with Crippen LogP contribution in [0, 0.1) is 13.8 Å². The largest absolute Gasteiger partial charge is 0.395 e. The van der Waals surface area contributed by atoms with Crippen molar-refractivity contribution in [1.82, 2.24) is 4.31 Å². The van der Waals surface area contributed by atoms with Crippen molar-refractivity contribution in [3.05, 3.63) is 29.3 Å².